The smallest absolute Gasteiger partial charge is 0.343 e. The molecule has 0 saturated heterocycles. The molecule has 1 aromatic heterocycles. The lowest BCUT2D eigenvalue weighted by Crippen LogP contribution is -2.10. The molecule has 0 aliphatic rings. The predicted octanol–water partition coefficient (Wildman–Crippen LogP) is 4.01. The molecule has 0 unspecified atom stereocenters. The molecule has 0 amide bonds. The monoisotopic (exact) mass is 320 g/mol. The SMILES string of the molecule is COC(=O)c1cc(Cl)nnc1Oc1ccc(C(C)(C)C)cc1. The van der Waals surface area contributed by atoms with E-state index in [4.69, 9.17) is 16.3 Å². The van der Waals surface area contributed by atoms with E-state index in [0.29, 0.717) is 5.75 Å². The topological polar surface area (TPSA) is 61.3 Å². The molecule has 116 valence electrons. The van der Waals surface area contributed by atoms with Gasteiger partial charge in [0.2, 0.25) is 0 Å². The first-order valence-corrected chi connectivity index (χ1v) is 7.09. The molecule has 0 bridgehead atoms. The maximum atomic E-state index is 11.7. The van der Waals surface area contributed by atoms with E-state index in [1.54, 1.807) is 0 Å². The number of carbonyl (C=O) groups is 1. The van der Waals surface area contributed by atoms with Gasteiger partial charge < -0.3 is 9.47 Å². The summed E-state index contributed by atoms with van der Waals surface area (Å²) in [5, 5.41) is 7.59. The van der Waals surface area contributed by atoms with E-state index < -0.39 is 5.97 Å². The molecule has 2 aromatic rings. The number of hydrogen-bond acceptors (Lipinski definition) is 5. The van der Waals surface area contributed by atoms with Crippen LogP contribution in [0, 0.1) is 0 Å². The van der Waals surface area contributed by atoms with Crippen LogP contribution in [0.15, 0.2) is 30.3 Å². The summed E-state index contributed by atoms with van der Waals surface area (Å²) in [5.41, 5.74) is 1.35. The molecule has 1 aromatic carbocycles. The summed E-state index contributed by atoms with van der Waals surface area (Å²) in [5.74, 6) is 0.0210. The summed E-state index contributed by atoms with van der Waals surface area (Å²) in [6.07, 6.45) is 0. The Morgan fingerprint density at radius 3 is 2.32 bits per heavy atom. The van der Waals surface area contributed by atoms with Gasteiger partial charge in [0.25, 0.3) is 5.88 Å². The van der Waals surface area contributed by atoms with Crippen LogP contribution < -0.4 is 4.74 Å². The number of halogens is 1. The van der Waals surface area contributed by atoms with Gasteiger partial charge in [-0.15, -0.1) is 10.2 Å². The zero-order valence-corrected chi connectivity index (χ0v) is 13.6. The lowest BCUT2D eigenvalue weighted by molar-refractivity contribution is 0.0596. The van der Waals surface area contributed by atoms with Crippen molar-refractivity contribution in [3.8, 4) is 11.6 Å². The third kappa shape index (κ3) is 3.74. The third-order valence-corrected chi connectivity index (χ3v) is 3.26. The van der Waals surface area contributed by atoms with Crippen molar-refractivity contribution < 1.29 is 14.3 Å². The Kier molecular flexibility index (Phi) is 4.66. The summed E-state index contributed by atoms with van der Waals surface area (Å²) in [4.78, 5) is 11.7. The molecule has 6 heteroatoms. The highest BCUT2D eigenvalue weighted by molar-refractivity contribution is 6.29. The van der Waals surface area contributed by atoms with Gasteiger partial charge in [0, 0.05) is 0 Å². The number of nitrogens with zero attached hydrogens (tertiary/aromatic N) is 2. The molecule has 0 atom stereocenters. The number of rotatable bonds is 3. The van der Waals surface area contributed by atoms with Gasteiger partial charge >= 0.3 is 5.97 Å². The maximum absolute atomic E-state index is 11.7. The molecule has 0 fully saturated rings. The quantitative estimate of drug-likeness (QED) is 0.800. The predicted molar refractivity (Wildman–Crippen MR) is 83.6 cm³/mol. The van der Waals surface area contributed by atoms with Crippen LogP contribution in [0.3, 0.4) is 0 Å². The third-order valence-electron chi connectivity index (χ3n) is 3.07. The molecule has 2 rings (SSSR count). The van der Waals surface area contributed by atoms with Crippen molar-refractivity contribution in [3.63, 3.8) is 0 Å². The van der Waals surface area contributed by atoms with Crippen molar-refractivity contribution in [1.82, 2.24) is 10.2 Å². The first kappa shape index (κ1) is 16.2. The fraction of sp³-hybridized carbons (Fsp3) is 0.312. The number of esters is 1. The van der Waals surface area contributed by atoms with Crippen LogP contribution >= 0.6 is 11.6 Å². The first-order chi connectivity index (χ1) is 10.3. The Bertz CT molecular complexity index is 679. The fourth-order valence-corrected chi connectivity index (χ4v) is 1.97. The standard InChI is InChI=1S/C16H17ClN2O3/c1-16(2,3)10-5-7-11(8-6-10)22-14-12(15(20)21-4)9-13(17)18-19-14/h5-9H,1-4H3. The minimum absolute atomic E-state index is 0.0514. The normalized spacial score (nSPS) is 11.1. The summed E-state index contributed by atoms with van der Waals surface area (Å²) >= 11 is 5.75. The summed E-state index contributed by atoms with van der Waals surface area (Å²) in [6, 6.07) is 8.93. The fourth-order valence-electron chi connectivity index (χ4n) is 1.82. The first-order valence-electron chi connectivity index (χ1n) is 6.71. The van der Waals surface area contributed by atoms with E-state index in [1.165, 1.54) is 18.7 Å². The molecule has 0 spiro atoms. The van der Waals surface area contributed by atoms with Crippen molar-refractivity contribution in [1.29, 1.82) is 0 Å². The van der Waals surface area contributed by atoms with Gasteiger partial charge in [0.15, 0.2) is 5.15 Å². The van der Waals surface area contributed by atoms with Crippen molar-refractivity contribution in [2.75, 3.05) is 7.11 Å². The van der Waals surface area contributed by atoms with Crippen molar-refractivity contribution in [2.24, 2.45) is 0 Å². The highest BCUT2D eigenvalue weighted by atomic mass is 35.5. The van der Waals surface area contributed by atoms with Crippen LogP contribution in [-0.2, 0) is 10.2 Å². The summed E-state index contributed by atoms with van der Waals surface area (Å²) in [7, 11) is 1.28. The van der Waals surface area contributed by atoms with Gasteiger partial charge in [-0.05, 0) is 29.2 Å². The number of carbonyl (C=O) groups excluding carboxylic acids is 1. The number of ether oxygens (including phenoxy) is 2. The average Bonchev–Trinajstić information content (AvgIpc) is 2.48. The molecule has 0 saturated carbocycles. The Morgan fingerprint density at radius 1 is 1.14 bits per heavy atom. The van der Waals surface area contributed by atoms with Crippen molar-refractivity contribution >= 4 is 17.6 Å². The zero-order chi connectivity index (χ0) is 16.3. The maximum Gasteiger partial charge on any atom is 0.343 e. The van der Waals surface area contributed by atoms with Crippen LogP contribution in [-0.4, -0.2) is 23.3 Å². The lowest BCUT2D eigenvalue weighted by Gasteiger charge is -2.19. The largest absolute Gasteiger partial charge is 0.465 e. The van der Waals surface area contributed by atoms with Crippen molar-refractivity contribution in [2.45, 2.75) is 26.2 Å². The summed E-state index contributed by atoms with van der Waals surface area (Å²) in [6.45, 7) is 6.38. The van der Waals surface area contributed by atoms with Gasteiger partial charge in [0.1, 0.15) is 11.3 Å². The number of benzene rings is 1. The molecule has 1 heterocycles. The van der Waals surface area contributed by atoms with Gasteiger partial charge in [0.05, 0.1) is 7.11 Å². The van der Waals surface area contributed by atoms with Gasteiger partial charge in [-0.3, -0.25) is 0 Å². The number of aromatic nitrogens is 2. The van der Waals surface area contributed by atoms with Gasteiger partial charge in [-0.2, -0.15) is 0 Å². The second-order valence-electron chi connectivity index (χ2n) is 5.75. The van der Waals surface area contributed by atoms with Crippen LogP contribution in [0.5, 0.6) is 11.6 Å². The molecular weight excluding hydrogens is 304 g/mol. The van der Waals surface area contributed by atoms with Crippen molar-refractivity contribution in [3.05, 3.63) is 46.6 Å². The number of methoxy groups -OCH3 is 1. The Hall–Kier alpha value is -2.14. The minimum Gasteiger partial charge on any atom is -0.465 e. The van der Waals surface area contributed by atoms with E-state index in [9.17, 15) is 4.79 Å². The van der Waals surface area contributed by atoms with Crippen LogP contribution in [0.2, 0.25) is 5.15 Å². The van der Waals surface area contributed by atoms with Crippen LogP contribution in [0.4, 0.5) is 0 Å². The lowest BCUT2D eigenvalue weighted by atomic mass is 9.87. The molecular formula is C16H17ClN2O3. The summed E-state index contributed by atoms with van der Waals surface area (Å²) < 4.78 is 10.3. The molecule has 0 radical (unpaired) electrons. The van der Waals surface area contributed by atoms with E-state index in [-0.39, 0.29) is 22.0 Å². The van der Waals surface area contributed by atoms with E-state index >= 15 is 0 Å². The number of hydrogen-bond donors (Lipinski definition) is 0. The van der Waals surface area contributed by atoms with Gasteiger partial charge in [-0.1, -0.05) is 44.5 Å². The molecule has 5 nitrogen and oxygen atoms in total. The van der Waals surface area contributed by atoms with E-state index in [2.05, 4.69) is 35.7 Å². The second-order valence-corrected chi connectivity index (χ2v) is 6.14. The zero-order valence-electron chi connectivity index (χ0n) is 12.9. The minimum atomic E-state index is -0.585. The average molecular weight is 321 g/mol. The Balaban J connectivity index is 2.29. The molecule has 0 aliphatic carbocycles. The van der Waals surface area contributed by atoms with Gasteiger partial charge in [-0.25, -0.2) is 4.79 Å². The van der Waals surface area contributed by atoms with E-state index in [1.807, 2.05) is 24.3 Å². The van der Waals surface area contributed by atoms with Crippen LogP contribution in [0.1, 0.15) is 36.7 Å². The Labute approximate surface area is 134 Å². The second kappa shape index (κ2) is 6.32. The van der Waals surface area contributed by atoms with E-state index in [0.717, 1.165) is 0 Å². The molecule has 0 aliphatic heterocycles. The van der Waals surface area contributed by atoms with Crippen LogP contribution in [0.25, 0.3) is 0 Å². The molecule has 0 N–H and O–H groups in total. The molecule has 22 heavy (non-hydrogen) atoms. The highest BCUT2D eigenvalue weighted by Gasteiger charge is 2.18. The highest BCUT2D eigenvalue weighted by Crippen LogP contribution is 2.28. The Morgan fingerprint density at radius 2 is 1.77 bits per heavy atom.